The summed E-state index contributed by atoms with van der Waals surface area (Å²) in [7, 11) is -3.42. The van der Waals surface area contributed by atoms with Gasteiger partial charge in [-0.1, -0.05) is 6.92 Å². The van der Waals surface area contributed by atoms with Crippen molar-refractivity contribution in [2.75, 3.05) is 12.4 Å². The molecular weight excluding hydrogens is 340 g/mol. The van der Waals surface area contributed by atoms with Crippen molar-refractivity contribution in [1.29, 1.82) is 0 Å². The quantitative estimate of drug-likeness (QED) is 0.601. The first kappa shape index (κ1) is 19.5. The summed E-state index contributed by atoms with van der Waals surface area (Å²) < 4.78 is 32.0. The molecule has 0 saturated carbocycles. The van der Waals surface area contributed by atoms with Crippen LogP contribution in [0.15, 0.2) is 36.0 Å². The molecule has 2 aromatic rings. The van der Waals surface area contributed by atoms with Crippen LogP contribution in [0.3, 0.4) is 0 Å². The Hall–Kier alpha value is -1.80. The van der Waals surface area contributed by atoms with Gasteiger partial charge in [0.2, 0.25) is 15.0 Å². The van der Waals surface area contributed by atoms with Gasteiger partial charge in [0.15, 0.2) is 0 Å². The lowest BCUT2D eigenvalue weighted by molar-refractivity contribution is 0.123. The molecule has 0 saturated heterocycles. The summed E-state index contributed by atoms with van der Waals surface area (Å²) in [5.41, 5.74) is 0. The Bertz CT molecular complexity index is 746. The molecule has 25 heavy (non-hydrogen) atoms. The minimum Gasteiger partial charge on any atom is -0.374 e. The number of hydrogen-bond donors (Lipinski definition) is 0. The van der Waals surface area contributed by atoms with Gasteiger partial charge in [-0.2, -0.15) is 0 Å². The highest BCUT2D eigenvalue weighted by molar-refractivity contribution is 7.91. The highest BCUT2D eigenvalue weighted by atomic mass is 32.2. The lowest BCUT2D eigenvalue weighted by Gasteiger charge is -2.23. The second-order valence-electron chi connectivity index (χ2n) is 6.10. The van der Waals surface area contributed by atoms with Crippen LogP contribution in [0.4, 0.5) is 0 Å². The van der Waals surface area contributed by atoms with Gasteiger partial charge in [0.25, 0.3) is 0 Å². The fourth-order valence-electron chi connectivity index (χ4n) is 2.67. The molecule has 2 aromatic heterocycles. The molecule has 8 heteroatoms. The maximum Gasteiger partial charge on any atom is 0.246 e. The Morgan fingerprint density at radius 1 is 1.16 bits per heavy atom. The summed E-state index contributed by atoms with van der Waals surface area (Å²) >= 11 is 0. The van der Waals surface area contributed by atoms with Crippen LogP contribution < -0.4 is 0 Å². The molecule has 0 aromatic carbocycles. The number of rotatable bonds is 10. The van der Waals surface area contributed by atoms with Gasteiger partial charge in [-0.3, -0.25) is 0 Å². The first-order chi connectivity index (χ1) is 12.0. The van der Waals surface area contributed by atoms with E-state index in [9.17, 15) is 8.42 Å². The normalized spacial score (nSPS) is 14.4. The Balaban J connectivity index is 1.90. The maximum absolute atomic E-state index is 12.2. The summed E-state index contributed by atoms with van der Waals surface area (Å²) in [4.78, 5) is 12.0. The van der Waals surface area contributed by atoms with E-state index in [1.807, 2.05) is 13.1 Å². The zero-order valence-electron chi connectivity index (χ0n) is 15.0. The predicted molar refractivity (Wildman–Crippen MR) is 94.8 cm³/mol. The minimum absolute atomic E-state index is 0.0593. The van der Waals surface area contributed by atoms with Gasteiger partial charge in [-0.05, 0) is 38.7 Å². The smallest absolute Gasteiger partial charge is 0.246 e. The summed E-state index contributed by atoms with van der Waals surface area (Å²) in [6.07, 6.45) is 7.98. The maximum atomic E-state index is 12.2. The van der Waals surface area contributed by atoms with Crippen LogP contribution in [-0.2, 0) is 21.2 Å². The third-order valence-electron chi connectivity index (χ3n) is 4.34. The third-order valence-corrected chi connectivity index (χ3v) is 5.93. The molecule has 0 aliphatic heterocycles. The van der Waals surface area contributed by atoms with Crippen molar-refractivity contribution in [1.82, 2.24) is 19.5 Å². The molecule has 7 nitrogen and oxygen atoms in total. The van der Waals surface area contributed by atoms with E-state index in [0.29, 0.717) is 25.6 Å². The van der Waals surface area contributed by atoms with E-state index in [2.05, 4.69) is 33.4 Å². The summed E-state index contributed by atoms with van der Waals surface area (Å²) in [6.45, 7) is 7.34. The molecule has 0 aliphatic rings. The van der Waals surface area contributed by atoms with E-state index in [1.165, 1.54) is 12.4 Å². The molecular formula is C17H26N4O3S. The monoisotopic (exact) mass is 366 g/mol. The number of imidazole rings is 1. The molecule has 0 bridgehead atoms. The van der Waals surface area contributed by atoms with E-state index in [-0.39, 0.29) is 17.0 Å². The van der Waals surface area contributed by atoms with E-state index in [0.717, 1.165) is 12.2 Å². The second kappa shape index (κ2) is 9.05. The van der Waals surface area contributed by atoms with Crippen molar-refractivity contribution in [2.24, 2.45) is 5.92 Å². The Kier molecular flexibility index (Phi) is 7.07. The summed E-state index contributed by atoms with van der Waals surface area (Å²) in [5.74, 6) is 1.26. The fraction of sp³-hybridized carbons (Fsp3) is 0.588. The molecule has 0 fully saturated rings. The van der Waals surface area contributed by atoms with Crippen molar-refractivity contribution >= 4 is 9.84 Å². The van der Waals surface area contributed by atoms with Crippen LogP contribution in [-0.4, -0.2) is 40.3 Å². The van der Waals surface area contributed by atoms with E-state index in [4.69, 9.17) is 4.74 Å². The first-order valence-corrected chi connectivity index (χ1v) is 10.2. The van der Waals surface area contributed by atoms with Gasteiger partial charge < -0.3 is 9.30 Å². The Labute approximate surface area is 149 Å². The highest BCUT2D eigenvalue weighted by Crippen LogP contribution is 2.24. The zero-order chi connectivity index (χ0) is 18.3. The highest BCUT2D eigenvalue weighted by Gasteiger charge is 2.20. The lowest BCUT2D eigenvalue weighted by Crippen LogP contribution is -2.18. The van der Waals surface area contributed by atoms with Crippen LogP contribution in [0.5, 0.6) is 0 Å². The predicted octanol–water partition coefficient (Wildman–Crippen LogP) is 2.66. The van der Waals surface area contributed by atoms with Crippen molar-refractivity contribution < 1.29 is 13.2 Å². The molecule has 0 radical (unpaired) electrons. The topological polar surface area (TPSA) is 87.0 Å². The van der Waals surface area contributed by atoms with Gasteiger partial charge in [0.1, 0.15) is 12.4 Å². The summed E-state index contributed by atoms with van der Waals surface area (Å²) in [5, 5.41) is -0.0932. The van der Waals surface area contributed by atoms with E-state index >= 15 is 0 Å². The van der Waals surface area contributed by atoms with Crippen LogP contribution in [0.1, 0.15) is 45.5 Å². The molecule has 0 amide bonds. The number of hydrogen-bond acceptors (Lipinski definition) is 6. The van der Waals surface area contributed by atoms with Gasteiger partial charge >= 0.3 is 0 Å². The molecule has 2 rings (SSSR count). The average Bonchev–Trinajstić information content (AvgIpc) is 3.08. The molecule has 2 atom stereocenters. The van der Waals surface area contributed by atoms with Crippen LogP contribution in [0.2, 0.25) is 0 Å². The Morgan fingerprint density at radius 2 is 1.88 bits per heavy atom. The van der Waals surface area contributed by atoms with Gasteiger partial charge in [0.05, 0.1) is 5.75 Å². The number of nitrogens with zero attached hydrogens (tertiary/aromatic N) is 4. The zero-order valence-corrected chi connectivity index (χ0v) is 15.8. The number of ether oxygens (including phenoxy) is 1. The van der Waals surface area contributed by atoms with Crippen molar-refractivity contribution in [3.8, 4) is 0 Å². The van der Waals surface area contributed by atoms with Gasteiger partial charge in [-0.15, -0.1) is 0 Å². The molecule has 0 aliphatic carbocycles. The van der Waals surface area contributed by atoms with Crippen molar-refractivity contribution in [3.05, 3.63) is 36.7 Å². The van der Waals surface area contributed by atoms with Crippen LogP contribution in [0, 0.1) is 5.92 Å². The molecule has 2 unspecified atom stereocenters. The SMILES string of the molecule is CCOCc1nccn1C(C)C(C)CCCS(=O)(=O)c1ncccn1. The summed E-state index contributed by atoms with van der Waals surface area (Å²) in [6, 6.07) is 1.82. The van der Waals surface area contributed by atoms with Crippen molar-refractivity contribution in [2.45, 2.75) is 51.4 Å². The molecule has 138 valence electrons. The first-order valence-electron chi connectivity index (χ1n) is 8.55. The van der Waals surface area contributed by atoms with Gasteiger partial charge in [-0.25, -0.2) is 23.4 Å². The minimum atomic E-state index is -3.42. The second-order valence-corrected chi connectivity index (χ2v) is 8.10. The van der Waals surface area contributed by atoms with Gasteiger partial charge in [0, 0.05) is 37.4 Å². The van der Waals surface area contributed by atoms with Crippen LogP contribution >= 0.6 is 0 Å². The van der Waals surface area contributed by atoms with E-state index < -0.39 is 9.84 Å². The fourth-order valence-corrected chi connectivity index (χ4v) is 3.84. The average molecular weight is 366 g/mol. The molecule has 0 N–H and O–H groups in total. The molecule has 2 heterocycles. The molecule has 0 spiro atoms. The lowest BCUT2D eigenvalue weighted by atomic mass is 9.98. The standard InChI is InChI=1S/C17H26N4O3S/c1-4-24-13-16-18-10-11-21(16)15(3)14(2)7-5-12-25(22,23)17-19-8-6-9-20-17/h6,8-11,14-15H,4-5,7,12-13H2,1-3H3. The van der Waals surface area contributed by atoms with E-state index in [1.54, 1.807) is 12.3 Å². The largest absolute Gasteiger partial charge is 0.374 e. The van der Waals surface area contributed by atoms with Crippen molar-refractivity contribution in [3.63, 3.8) is 0 Å². The third kappa shape index (κ3) is 5.34. The number of sulfone groups is 1. The number of aromatic nitrogens is 4. The Morgan fingerprint density at radius 3 is 2.56 bits per heavy atom. The van der Waals surface area contributed by atoms with Crippen LogP contribution in [0.25, 0.3) is 0 Å².